The van der Waals surface area contributed by atoms with E-state index in [4.69, 9.17) is 16.7 Å². The van der Waals surface area contributed by atoms with E-state index in [0.29, 0.717) is 11.4 Å². The number of fused-ring (bicyclic) bond motifs is 1. The Morgan fingerprint density at radius 3 is 2.57 bits per heavy atom. The van der Waals surface area contributed by atoms with Crippen LogP contribution in [-0.2, 0) is 4.79 Å². The van der Waals surface area contributed by atoms with Crippen LogP contribution in [0.2, 0.25) is 5.02 Å². The van der Waals surface area contributed by atoms with Crippen molar-refractivity contribution in [3.05, 3.63) is 87.7 Å². The number of aryl methyl sites for hydroxylation is 1. The Bertz CT molecular complexity index is 1100. The molecule has 2 aliphatic rings. The van der Waals surface area contributed by atoms with E-state index in [-0.39, 0.29) is 11.7 Å². The van der Waals surface area contributed by atoms with E-state index < -0.39 is 0 Å². The lowest BCUT2D eigenvalue weighted by molar-refractivity contribution is -0.116. The standard InChI is InChI=1S/C23H20ClN3O/c1-14-20-21(15-10-12-16(24)13-11-15)22-18(8-5-9-19(22)28)25-23(20)27(26-14)17-6-3-2-4-7-17/h2-4,6-7,10-13,21,25H,5,8-9H2,1H3/t21-/m0/s1. The van der Waals surface area contributed by atoms with Crippen molar-refractivity contribution >= 4 is 23.2 Å². The summed E-state index contributed by atoms with van der Waals surface area (Å²) in [5.41, 5.74) is 5.99. The van der Waals surface area contributed by atoms with Crippen LogP contribution in [0.4, 0.5) is 5.82 Å². The van der Waals surface area contributed by atoms with E-state index in [1.807, 2.05) is 66.2 Å². The van der Waals surface area contributed by atoms with Gasteiger partial charge in [0, 0.05) is 34.2 Å². The monoisotopic (exact) mass is 389 g/mol. The number of nitrogens with one attached hydrogen (secondary N) is 1. The Kier molecular flexibility index (Phi) is 4.09. The molecule has 1 aliphatic carbocycles. The molecule has 2 aromatic carbocycles. The van der Waals surface area contributed by atoms with E-state index in [0.717, 1.165) is 52.4 Å². The van der Waals surface area contributed by atoms with Gasteiger partial charge in [-0.05, 0) is 49.6 Å². The van der Waals surface area contributed by atoms with Gasteiger partial charge in [-0.1, -0.05) is 41.9 Å². The van der Waals surface area contributed by atoms with Gasteiger partial charge < -0.3 is 5.32 Å². The fourth-order valence-electron chi connectivity index (χ4n) is 4.37. The summed E-state index contributed by atoms with van der Waals surface area (Å²) in [4.78, 5) is 12.9. The van der Waals surface area contributed by atoms with Gasteiger partial charge in [0.1, 0.15) is 5.82 Å². The summed E-state index contributed by atoms with van der Waals surface area (Å²) < 4.78 is 1.95. The number of hydrogen-bond donors (Lipinski definition) is 1. The predicted molar refractivity (Wildman–Crippen MR) is 111 cm³/mol. The Morgan fingerprint density at radius 1 is 1.07 bits per heavy atom. The average Bonchev–Trinajstić information content (AvgIpc) is 3.04. The highest BCUT2D eigenvalue weighted by Crippen LogP contribution is 2.47. The van der Waals surface area contributed by atoms with Crippen LogP contribution in [0.1, 0.15) is 42.0 Å². The molecule has 1 aromatic heterocycles. The number of aromatic nitrogens is 2. The molecule has 0 spiro atoms. The molecule has 140 valence electrons. The highest BCUT2D eigenvalue weighted by Gasteiger charge is 2.38. The van der Waals surface area contributed by atoms with E-state index in [1.165, 1.54) is 0 Å². The lowest BCUT2D eigenvalue weighted by Crippen LogP contribution is -2.27. The summed E-state index contributed by atoms with van der Waals surface area (Å²) in [5, 5.41) is 9.08. The van der Waals surface area contributed by atoms with Crippen molar-refractivity contribution < 1.29 is 4.79 Å². The first-order valence-corrected chi connectivity index (χ1v) is 9.95. The molecule has 1 aliphatic heterocycles. The Balaban J connectivity index is 1.75. The van der Waals surface area contributed by atoms with Gasteiger partial charge >= 0.3 is 0 Å². The summed E-state index contributed by atoms with van der Waals surface area (Å²) in [7, 11) is 0. The first kappa shape index (κ1) is 17.3. The number of carbonyl (C=O) groups is 1. The SMILES string of the molecule is Cc1nn(-c2ccccc2)c2c1[C@H](c1ccc(Cl)cc1)C1=C(CCCC1=O)N2. The second kappa shape index (κ2) is 6.64. The van der Waals surface area contributed by atoms with Gasteiger partial charge in [-0.25, -0.2) is 4.68 Å². The highest BCUT2D eigenvalue weighted by atomic mass is 35.5. The number of ketones is 1. The van der Waals surface area contributed by atoms with Gasteiger partial charge in [0.15, 0.2) is 5.78 Å². The summed E-state index contributed by atoms with van der Waals surface area (Å²) >= 11 is 6.12. The first-order valence-electron chi connectivity index (χ1n) is 9.57. The topological polar surface area (TPSA) is 46.9 Å². The third-order valence-electron chi connectivity index (χ3n) is 5.61. The summed E-state index contributed by atoms with van der Waals surface area (Å²) in [6, 6.07) is 17.9. The number of anilines is 1. The highest BCUT2D eigenvalue weighted by molar-refractivity contribution is 6.30. The van der Waals surface area contributed by atoms with E-state index in [1.54, 1.807) is 0 Å². The molecule has 1 atom stereocenters. The van der Waals surface area contributed by atoms with Crippen LogP contribution in [0.5, 0.6) is 0 Å². The molecule has 0 fully saturated rings. The average molecular weight is 390 g/mol. The number of benzene rings is 2. The van der Waals surface area contributed by atoms with Crippen LogP contribution in [0.15, 0.2) is 65.9 Å². The van der Waals surface area contributed by atoms with Crippen LogP contribution >= 0.6 is 11.6 Å². The molecular formula is C23H20ClN3O. The van der Waals surface area contributed by atoms with Crippen molar-refractivity contribution in [1.82, 2.24) is 9.78 Å². The molecule has 0 saturated carbocycles. The number of carbonyl (C=O) groups excluding carboxylic acids is 1. The van der Waals surface area contributed by atoms with Crippen molar-refractivity contribution in [1.29, 1.82) is 0 Å². The molecule has 0 radical (unpaired) electrons. The zero-order valence-electron chi connectivity index (χ0n) is 15.6. The van der Waals surface area contributed by atoms with Gasteiger partial charge in [0.05, 0.1) is 11.4 Å². The lowest BCUT2D eigenvalue weighted by Gasteiger charge is -2.33. The third-order valence-corrected chi connectivity index (χ3v) is 5.87. The van der Waals surface area contributed by atoms with Crippen LogP contribution in [-0.4, -0.2) is 15.6 Å². The number of para-hydroxylation sites is 1. The molecule has 5 heteroatoms. The predicted octanol–water partition coefficient (Wildman–Crippen LogP) is 5.40. The molecule has 4 nitrogen and oxygen atoms in total. The van der Waals surface area contributed by atoms with E-state index >= 15 is 0 Å². The normalized spacial score (nSPS) is 18.5. The quantitative estimate of drug-likeness (QED) is 0.638. The smallest absolute Gasteiger partial charge is 0.161 e. The zero-order chi connectivity index (χ0) is 19.3. The molecule has 1 N–H and O–H groups in total. The number of rotatable bonds is 2. The fraction of sp³-hybridized carbons (Fsp3) is 0.217. The maximum absolute atomic E-state index is 12.9. The van der Waals surface area contributed by atoms with Crippen molar-refractivity contribution in [3.8, 4) is 5.69 Å². The van der Waals surface area contributed by atoms with Crippen molar-refractivity contribution in [2.45, 2.75) is 32.1 Å². The Hall–Kier alpha value is -2.85. The summed E-state index contributed by atoms with van der Waals surface area (Å²) in [6.07, 6.45) is 2.36. The van der Waals surface area contributed by atoms with Gasteiger partial charge in [-0.3, -0.25) is 4.79 Å². The third kappa shape index (κ3) is 2.68. The molecule has 5 rings (SSSR count). The number of nitrogens with zero attached hydrogens (tertiary/aromatic N) is 2. The van der Waals surface area contributed by atoms with E-state index in [2.05, 4.69) is 5.32 Å². The van der Waals surface area contributed by atoms with E-state index in [9.17, 15) is 4.79 Å². The van der Waals surface area contributed by atoms with Crippen LogP contribution in [0.3, 0.4) is 0 Å². The molecule has 0 amide bonds. The molecule has 28 heavy (non-hydrogen) atoms. The molecular weight excluding hydrogens is 370 g/mol. The number of allylic oxidation sites excluding steroid dienone is 2. The molecule has 0 bridgehead atoms. The van der Waals surface area contributed by atoms with Crippen molar-refractivity contribution in [2.24, 2.45) is 0 Å². The number of halogens is 1. The maximum Gasteiger partial charge on any atom is 0.161 e. The molecule has 0 unspecified atom stereocenters. The van der Waals surface area contributed by atoms with Crippen molar-refractivity contribution in [3.63, 3.8) is 0 Å². The maximum atomic E-state index is 12.9. The van der Waals surface area contributed by atoms with Gasteiger partial charge in [-0.15, -0.1) is 0 Å². The van der Waals surface area contributed by atoms with Crippen LogP contribution in [0, 0.1) is 6.92 Å². The molecule has 2 heterocycles. The minimum absolute atomic E-state index is 0.117. The summed E-state index contributed by atoms with van der Waals surface area (Å²) in [5.74, 6) is 1.07. The minimum Gasteiger partial charge on any atom is -0.343 e. The van der Waals surface area contributed by atoms with Gasteiger partial charge in [0.2, 0.25) is 0 Å². The number of Topliss-reactive ketones (excluding diaryl/α,β-unsaturated/α-hetero) is 1. The minimum atomic E-state index is -0.117. The Labute approximate surface area is 168 Å². The molecule has 0 saturated heterocycles. The second-order valence-electron chi connectivity index (χ2n) is 7.37. The fourth-order valence-corrected chi connectivity index (χ4v) is 4.49. The van der Waals surface area contributed by atoms with Crippen LogP contribution < -0.4 is 5.32 Å². The second-order valence-corrected chi connectivity index (χ2v) is 7.81. The van der Waals surface area contributed by atoms with Crippen LogP contribution in [0.25, 0.3) is 5.69 Å². The van der Waals surface area contributed by atoms with Crippen molar-refractivity contribution in [2.75, 3.05) is 5.32 Å². The van der Waals surface area contributed by atoms with Gasteiger partial charge in [0.25, 0.3) is 0 Å². The molecule has 3 aromatic rings. The summed E-state index contributed by atoms with van der Waals surface area (Å²) in [6.45, 7) is 2.02. The number of hydrogen-bond acceptors (Lipinski definition) is 3. The first-order chi connectivity index (χ1) is 13.6. The Morgan fingerprint density at radius 2 is 1.82 bits per heavy atom. The zero-order valence-corrected chi connectivity index (χ0v) is 16.3. The lowest BCUT2D eigenvalue weighted by atomic mass is 9.76. The van der Waals surface area contributed by atoms with Gasteiger partial charge in [-0.2, -0.15) is 5.10 Å². The largest absolute Gasteiger partial charge is 0.343 e.